The maximum atomic E-state index is 12.1. The fourth-order valence-electron chi connectivity index (χ4n) is 2.11. The van der Waals surface area contributed by atoms with Crippen LogP contribution in [0.25, 0.3) is 0 Å². The van der Waals surface area contributed by atoms with E-state index < -0.39 is 36.3 Å². The molecule has 0 unspecified atom stereocenters. The van der Waals surface area contributed by atoms with Crippen LogP contribution in [0, 0.1) is 3.57 Å². The van der Waals surface area contributed by atoms with Gasteiger partial charge in [0.05, 0.1) is 15.8 Å². The Labute approximate surface area is 145 Å². The van der Waals surface area contributed by atoms with Gasteiger partial charge in [0.1, 0.15) is 12.2 Å². The molecule has 1 saturated heterocycles. The van der Waals surface area contributed by atoms with Gasteiger partial charge < -0.3 is 19.7 Å². The number of rotatable bonds is 3. The highest BCUT2D eigenvalue weighted by Crippen LogP contribution is 2.28. The Bertz CT molecular complexity index is 649. The summed E-state index contributed by atoms with van der Waals surface area (Å²) in [5, 5.41) is 22.1. The van der Waals surface area contributed by atoms with Gasteiger partial charge in [-0.2, -0.15) is 4.98 Å². The molecular weight excluding hydrogens is 421 g/mol. The van der Waals surface area contributed by atoms with E-state index in [0.717, 1.165) is 4.57 Å². The van der Waals surface area contributed by atoms with Crippen molar-refractivity contribution in [2.24, 2.45) is 0 Å². The molecule has 0 radical (unpaired) electrons. The number of anilines is 1. The number of halogens is 1. The number of carbonyl (C=O) groups is 1. The number of hydrogen-bond donors (Lipinski definition) is 3. The molecule has 1 aliphatic rings. The van der Waals surface area contributed by atoms with Gasteiger partial charge in [-0.15, -0.1) is 0 Å². The Balaban J connectivity index is 2.24. The van der Waals surface area contributed by atoms with Crippen molar-refractivity contribution in [1.29, 1.82) is 0 Å². The highest BCUT2D eigenvalue weighted by Gasteiger charge is 2.42. The first kappa shape index (κ1) is 18.1. The van der Waals surface area contributed by atoms with Crippen molar-refractivity contribution < 1.29 is 24.5 Å². The Morgan fingerprint density at radius 2 is 2.13 bits per heavy atom. The smallest absolute Gasteiger partial charge is 0.413 e. The van der Waals surface area contributed by atoms with Crippen LogP contribution in [-0.2, 0) is 9.47 Å². The van der Waals surface area contributed by atoms with E-state index in [1.807, 2.05) is 22.6 Å². The Kier molecular flexibility index (Phi) is 5.60. The summed E-state index contributed by atoms with van der Waals surface area (Å²) in [6.45, 7) is 4.98. The summed E-state index contributed by atoms with van der Waals surface area (Å²) in [5.74, 6) is 0.0542. The summed E-state index contributed by atoms with van der Waals surface area (Å²) in [6, 6.07) is 0. The summed E-state index contributed by atoms with van der Waals surface area (Å²) in [5.41, 5.74) is -0.726. The van der Waals surface area contributed by atoms with E-state index in [1.165, 1.54) is 6.20 Å². The minimum Gasteiger partial charge on any atom is -0.447 e. The molecule has 0 aromatic carbocycles. The maximum Gasteiger partial charge on any atom is 0.413 e. The number of aliphatic hydroxyl groups is 2. The zero-order chi connectivity index (χ0) is 17.3. The van der Waals surface area contributed by atoms with Crippen molar-refractivity contribution in [3.63, 3.8) is 0 Å². The Hall–Kier alpha value is -1.24. The molecule has 0 bridgehead atoms. The van der Waals surface area contributed by atoms with E-state index in [2.05, 4.69) is 10.3 Å². The molecule has 2 rings (SSSR count). The van der Waals surface area contributed by atoms with Crippen LogP contribution in [0.15, 0.2) is 11.0 Å². The minimum atomic E-state index is -1.25. The Morgan fingerprint density at radius 1 is 1.48 bits per heavy atom. The van der Waals surface area contributed by atoms with Crippen molar-refractivity contribution in [3.8, 4) is 0 Å². The number of amides is 1. The standard InChI is InChI=1S/C13H18IN3O6/c1-5(2)22-13(21)16-10-7(14)4-17(12(20)15-10)11-9(19)8(18)6(3)23-11/h4-6,8-9,11,18-19H,1-3H3,(H,15,16,20,21)/t6-,8-,9-,11-/m1/s1. The molecule has 2 heterocycles. The zero-order valence-electron chi connectivity index (χ0n) is 12.8. The molecule has 3 N–H and O–H groups in total. The highest BCUT2D eigenvalue weighted by molar-refractivity contribution is 14.1. The molecule has 10 heteroatoms. The van der Waals surface area contributed by atoms with Gasteiger partial charge in [-0.3, -0.25) is 9.88 Å². The van der Waals surface area contributed by atoms with Gasteiger partial charge in [-0.1, -0.05) is 0 Å². The van der Waals surface area contributed by atoms with Crippen molar-refractivity contribution in [3.05, 3.63) is 20.3 Å². The van der Waals surface area contributed by atoms with Gasteiger partial charge in [-0.05, 0) is 43.4 Å². The molecule has 1 aliphatic heterocycles. The quantitative estimate of drug-likeness (QED) is 0.585. The molecule has 9 nitrogen and oxygen atoms in total. The predicted octanol–water partition coefficient (Wildman–Crippen LogP) is 0.444. The predicted molar refractivity (Wildman–Crippen MR) is 88.1 cm³/mol. The third-order valence-corrected chi connectivity index (χ3v) is 4.01. The van der Waals surface area contributed by atoms with Gasteiger partial charge in [0.25, 0.3) is 0 Å². The molecule has 1 fully saturated rings. The molecule has 1 aromatic heterocycles. The van der Waals surface area contributed by atoms with E-state index in [1.54, 1.807) is 20.8 Å². The summed E-state index contributed by atoms with van der Waals surface area (Å²) >= 11 is 1.88. The molecule has 1 amide bonds. The molecule has 4 atom stereocenters. The third kappa shape index (κ3) is 4.00. The second kappa shape index (κ2) is 7.11. The normalized spacial score (nSPS) is 27.3. The maximum absolute atomic E-state index is 12.1. The lowest BCUT2D eigenvalue weighted by atomic mass is 10.1. The second-order valence-electron chi connectivity index (χ2n) is 5.42. The van der Waals surface area contributed by atoms with Crippen LogP contribution < -0.4 is 11.0 Å². The van der Waals surface area contributed by atoms with Crippen molar-refractivity contribution >= 4 is 34.5 Å². The lowest BCUT2D eigenvalue weighted by Gasteiger charge is -2.18. The average molecular weight is 439 g/mol. The molecule has 1 aromatic rings. The van der Waals surface area contributed by atoms with Crippen LogP contribution >= 0.6 is 22.6 Å². The van der Waals surface area contributed by atoms with E-state index in [9.17, 15) is 19.8 Å². The molecule has 0 aliphatic carbocycles. The minimum absolute atomic E-state index is 0.0542. The molecule has 0 spiro atoms. The van der Waals surface area contributed by atoms with E-state index in [-0.39, 0.29) is 11.9 Å². The van der Waals surface area contributed by atoms with Crippen LogP contribution in [0.1, 0.15) is 27.0 Å². The molecule has 128 valence electrons. The van der Waals surface area contributed by atoms with Gasteiger partial charge >= 0.3 is 11.8 Å². The second-order valence-corrected chi connectivity index (χ2v) is 6.58. The van der Waals surface area contributed by atoms with Crippen molar-refractivity contribution in [2.45, 2.75) is 51.4 Å². The number of aromatic nitrogens is 2. The molecule has 0 saturated carbocycles. The van der Waals surface area contributed by atoms with Gasteiger partial charge in [0, 0.05) is 6.20 Å². The Morgan fingerprint density at radius 3 is 2.65 bits per heavy atom. The van der Waals surface area contributed by atoms with Crippen LogP contribution in [-0.4, -0.2) is 50.3 Å². The van der Waals surface area contributed by atoms with E-state index >= 15 is 0 Å². The van der Waals surface area contributed by atoms with Crippen molar-refractivity contribution in [1.82, 2.24) is 9.55 Å². The van der Waals surface area contributed by atoms with E-state index in [0.29, 0.717) is 3.57 Å². The first-order valence-electron chi connectivity index (χ1n) is 6.98. The van der Waals surface area contributed by atoms with Crippen LogP contribution in [0.3, 0.4) is 0 Å². The van der Waals surface area contributed by atoms with Gasteiger partial charge in [0.2, 0.25) is 0 Å². The van der Waals surface area contributed by atoms with Gasteiger partial charge in [-0.25, -0.2) is 9.59 Å². The number of nitrogens with one attached hydrogen (secondary N) is 1. The fraction of sp³-hybridized carbons (Fsp3) is 0.615. The third-order valence-electron chi connectivity index (χ3n) is 3.22. The first-order chi connectivity index (χ1) is 10.7. The summed E-state index contributed by atoms with van der Waals surface area (Å²) in [7, 11) is 0. The topological polar surface area (TPSA) is 123 Å². The van der Waals surface area contributed by atoms with Crippen LogP contribution in [0.5, 0.6) is 0 Å². The van der Waals surface area contributed by atoms with Crippen molar-refractivity contribution in [2.75, 3.05) is 5.32 Å². The molecule has 23 heavy (non-hydrogen) atoms. The van der Waals surface area contributed by atoms with Gasteiger partial charge in [0.15, 0.2) is 12.0 Å². The average Bonchev–Trinajstić information content (AvgIpc) is 2.69. The number of nitrogens with zero attached hydrogens (tertiary/aromatic N) is 2. The SMILES string of the molecule is CC(C)OC(=O)Nc1nc(=O)n([C@@H]2O[C@H](C)[C@@H](O)[C@H]2O)cc1I. The summed E-state index contributed by atoms with van der Waals surface area (Å²) in [6.07, 6.45) is -3.63. The largest absolute Gasteiger partial charge is 0.447 e. The lowest BCUT2D eigenvalue weighted by molar-refractivity contribution is -0.0351. The fourth-order valence-corrected chi connectivity index (χ4v) is 2.67. The zero-order valence-corrected chi connectivity index (χ0v) is 14.9. The number of hydrogen-bond acceptors (Lipinski definition) is 7. The number of ether oxygens (including phenoxy) is 2. The summed E-state index contributed by atoms with van der Waals surface area (Å²) in [4.78, 5) is 27.5. The number of carbonyl (C=O) groups excluding carboxylic acids is 1. The molecular formula is C13H18IN3O6. The monoisotopic (exact) mass is 439 g/mol. The lowest BCUT2D eigenvalue weighted by Crippen LogP contribution is -2.36. The van der Waals surface area contributed by atoms with E-state index in [4.69, 9.17) is 9.47 Å². The van der Waals surface area contributed by atoms with Crippen LogP contribution in [0.4, 0.5) is 10.6 Å². The summed E-state index contributed by atoms with van der Waals surface area (Å²) < 4.78 is 11.8. The number of aliphatic hydroxyl groups excluding tert-OH is 2. The van der Waals surface area contributed by atoms with Crippen LogP contribution in [0.2, 0.25) is 0 Å². The first-order valence-corrected chi connectivity index (χ1v) is 8.06. The highest BCUT2D eigenvalue weighted by atomic mass is 127.